The van der Waals surface area contributed by atoms with Gasteiger partial charge in [0.1, 0.15) is 0 Å². The molecule has 2 amide bonds. The SMILES string of the molecule is COC1Cc2ccc(NC(=O)N3Cc4ccccc4CC3c3ccccc3)cc2C1. The fraction of sp³-hybridized carbons (Fsp3) is 0.269. The summed E-state index contributed by atoms with van der Waals surface area (Å²) in [5, 5.41) is 3.15. The molecule has 3 aromatic carbocycles. The molecule has 1 aliphatic carbocycles. The first-order valence-electron chi connectivity index (χ1n) is 10.5. The lowest BCUT2D eigenvalue weighted by Gasteiger charge is -2.37. The lowest BCUT2D eigenvalue weighted by molar-refractivity contribution is 0.112. The molecule has 1 aliphatic heterocycles. The minimum absolute atomic E-state index is 0.0217. The number of carbonyl (C=O) groups excluding carboxylic acids is 1. The molecular formula is C26H26N2O2. The summed E-state index contributed by atoms with van der Waals surface area (Å²) in [6, 6.07) is 24.9. The highest BCUT2D eigenvalue weighted by Gasteiger charge is 2.31. The van der Waals surface area contributed by atoms with E-state index in [0.717, 1.165) is 24.9 Å². The number of fused-ring (bicyclic) bond motifs is 2. The van der Waals surface area contributed by atoms with Gasteiger partial charge in [0.25, 0.3) is 0 Å². The van der Waals surface area contributed by atoms with Gasteiger partial charge in [-0.1, -0.05) is 60.7 Å². The van der Waals surface area contributed by atoms with Gasteiger partial charge in [0, 0.05) is 19.3 Å². The summed E-state index contributed by atoms with van der Waals surface area (Å²) >= 11 is 0. The van der Waals surface area contributed by atoms with Gasteiger partial charge in [-0.05, 0) is 59.2 Å². The van der Waals surface area contributed by atoms with Gasteiger partial charge in [-0.3, -0.25) is 0 Å². The summed E-state index contributed by atoms with van der Waals surface area (Å²) in [6.45, 7) is 0.609. The third-order valence-corrected chi connectivity index (χ3v) is 6.38. The van der Waals surface area contributed by atoms with E-state index in [0.29, 0.717) is 6.54 Å². The van der Waals surface area contributed by atoms with Crippen molar-refractivity contribution in [1.29, 1.82) is 0 Å². The number of rotatable bonds is 3. The number of ether oxygens (including phenoxy) is 1. The second kappa shape index (κ2) is 7.96. The minimum Gasteiger partial charge on any atom is -0.381 e. The predicted octanol–water partition coefficient (Wildman–Crippen LogP) is 5.13. The van der Waals surface area contributed by atoms with Gasteiger partial charge in [-0.2, -0.15) is 0 Å². The van der Waals surface area contributed by atoms with Gasteiger partial charge in [0.2, 0.25) is 0 Å². The molecule has 0 spiro atoms. The Morgan fingerprint density at radius 3 is 2.37 bits per heavy atom. The Labute approximate surface area is 177 Å². The number of nitrogens with zero attached hydrogens (tertiary/aromatic N) is 1. The Bertz CT molecular complexity index is 1060. The normalized spacial score (nSPS) is 19.8. The van der Waals surface area contributed by atoms with E-state index in [4.69, 9.17) is 4.74 Å². The van der Waals surface area contributed by atoms with E-state index in [1.54, 1.807) is 7.11 Å². The standard InChI is InChI=1S/C26H26N2O2/c1-30-24-14-20-11-12-23(13-22(20)15-24)27-26(29)28-17-21-10-6-5-9-19(21)16-25(28)18-7-3-2-4-8-18/h2-13,24-25H,14-17H2,1H3,(H,27,29). The molecule has 4 nitrogen and oxygen atoms in total. The maximum Gasteiger partial charge on any atom is 0.322 e. The molecule has 2 aliphatic rings. The van der Waals surface area contributed by atoms with Crippen LogP contribution >= 0.6 is 0 Å². The number of amides is 2. The van der Waals surface area contributed by atoms with Crippen LogP contribution in [-0.2, 0) is 30.5 Å². The number of methoxy groups -OCH3 is 1. The molecule has 0 radical (unpaired) electrons. The maximum atomic E-state index is 13.4. The molecule has 1 heterocycles. The van der Waals surface area contributed by atoms with Crippen molar-refractivity contribution >= 4 is 11.7 Å². The van der Waals surface area contributed by atoms with Crippen LogP contribution in [0.2, 0.25) is 0 Å². The van der Waals surface area contributed by atoms with E-state index in [9.17, 15) is 4.79 Å². The van der Waals surface area contributed by atoms with Crippen molar-refractivity contribution in [2.45, 2.75) is 38.0 Å². The van der Waals surface area contributed by atoms with E-state index in [2.05, 4.69) is 47.8 Å². The van der Waals surface area contributed by atoms with E-state index in [1.807, 2.05) is 35.2 Å². The van der Waals surface area contributed by atoms with Crippen molar-refractivity contribution in [2.24, 2.45) is 0 Å². The van der Waals surface area contributed by atoms with Gasteiger partial charge >= 0.3 is 6.03 Å². The molecule has 0 bridgehead atoms. The quantitative estimate of drug-likeness (QED) is 0.664. The van der Waals surface area contributed by atoms with Crippen molar-refractivity contribution < 1.29 is 9.53 Å². The highest BCUT2D eigenvalue weighted by molar-refractivity contribution is 5.90. The van der Waals surface area contributed by atoms with Crippen molar-refractivity contribution in [1.82, 2.24) is 4.90 Å². The highest BCUT2D eigenvalue weighted by Crippen LogP contribution is 2.34. The third-order valence-electron chi connectivity index (χ3n) is 6.38. The van der Waals surface area contributed by atoms with Gasteiger partial charge < -0.3 is 15.0 Å². The van der Waals surface area contributed by atoms with Crippen LogP contribution in [-0.4, -0.2) is 24.1 Å². The Morgan fingerprint density at radius 2 is 1.57 bits per heavy atom. The van der Waals surface area contributed by atoms with Crippen molar-refractivity contribution in [3.05, 3.63) is 101 Å². The summed E-state index contributed by atoms with van der Waals surface area (Å²) in [4.78, 5) is 15.3. The fourth-order valence-electron chi connectivity index (χ4n) is 4.73. The molecule has 1 N–H and O–H groups in total. The first-order valence-corrected chi connectivity index (χ1v) is 10.5. The molecule has 3 aromatic rings. The lowest BCUT2D eigenvalue weighted by atomic mass is 9.90. The summed E-state index contributed by atoms with van der Waals surface area (Å²) in [5.74, 6) is 0. The zero-order valence-corrected chi connectivity index (χ0v) is 17.2. The van der Waals surface area contributed by atoms with Crippen molar-refractivity contribution in [3.63, 3.8) is 0 Å². The minimum atomic E-state index is -0.0559. The third kappa shape index (κ3) is 3.59. The first kappa shape index (κ1) is 18.9. The van der Waals surface area contributed by atoms with Gasteiger partial charge in [0.15, 0.2) is 0 Å². The van der Waals surface area contributed by atoms with Gasteiger partial charge in [0.05, 0.1) is 12.1 Å². The molecule has 0 aromatic heterocycles. The smallest absolute Gasteiger partial charge is 0.322 e. The molecule has 30 heavy (non-hydrogen) atoms. The zero-order valence-electron chi connectivity index (χ0n) is 17.2. The van der Waals surface area contributed by atoms with Crippen molar-refractivity contribution in [3.8, 4) is 0 Å². The number of hydrogen-bond acceptors (Lipinski definition) is 2. The first-order chi connectivity index (χ1) is 14.7. The van der Waals surface area contributed by atoms with Gasteiger partial charge in [-0.15, -0.1) is 0 Å². The average molecular weight is 399 g/mol. The topological polar surface area (TPSA) is 41.6 Å². The van der Waals surface area contributed by atoms with Gasteiger partial charge in [-0.25, -0.2) is 4.79 Å². The highest BCUT2D eigenvalue weighted by atomic mass is 16.5. The summed E-state index contributed by atoms with van der Waals surface area (Å²) < 4.78 is 5.51. The Hall–Kier alpha value is -3.11. The number of urea groups is 1. The van der Waals surface area contributed by atoms with E-state index in [-0.39, 0.29) is 18.2 Å². The molecule has 5 rings (SSSR count). The molecule has 4 heteroatoms. The van der Waals surface area contributed by atoms with Crippen LogP contribution in [0, 0.1) is 0 Å². The molecular weight excluding hydrogens is 372 g/mol. The Morgan fingerprint density at radius 1 is 0.867 bits per heavy atom. The number of nitrogens with one attached hydrogen (secondary N) is 1. The Kier molecular flexibility index (Phi) is 5.01. The summed E-state index contributed by atoms with van der Waals surface area (Å²) in [5.41, 5.74) is 7.13. The summed E-state index contributed by atoms with van der Waals surface area (Å²) in [6.07, 6.45) is 2.91. The predicted molar refractivity (Wildman–Crippen MR) is 119 cm³/mol. The molecule has 152 valence electrons. The van der Waals surface area contributed by atoms with Crippen LogP contribution in [0.15, 0.2) is 72.8 Å². The molecule has 2 atom stereocenters. The molecule has 2 unspecified atom stereocenters. The fourth-order valence-corrected chi connectivity index (χ4v) is 4.73. The van der Waals surface area contributed by atoms with Crippen LogP contribution in [0.25, 0.3) is 0 Å². The van der Waals surface area contributed by atoms with Crippen LogP contribution in [0.3, 0.4) is 0 Å². The largest absolute Gasteiger partial charge is 0.381 e. The van der Waals surface area contributed by atoms with Crippen LogP contribution in [0.4, 0.5) is 10.5 Å². The van der Waals surface area contributed by atoms with E-state index < -0.39 is 0 Å². The second-order valence-corrected chi connectivity index (χ2v) is 8.21. The molecule has 0 saturated heterocycles. The maximum absolute atomic E-state index is 13.4. The Balaban J connectivity index is 1.41. The van der Waals surface area contributed by atoms with Crippen LogP contribution < -0.4 is 5.32 Å². The van der Waals surface area contributed by atoms with Crippen molar-refractivity contribution in [2.75, 3.05) is 12.4 Å². The van der Waals surface area contributed by atoms with E-state index >= 15 is 0 Å². The molecule has 0 saturated carbocycles. The van der Waals surface area contributed by atoms with E-state index in [1.165, 1.54) is 27.8 Å². The average Bonchev–Trinajstić information content (AvgIpc) is 3.21. The number of benzene rings is 3. The number of anilines is 1. The second-order valence-electron chi connectivity index (χ2n) is 8.21. The summed E-state index contributed by atoms with van der Waals surface area (Å²) in [7, 11) is 1.76. The monoisotopic (exact) mass is 398 g/mol. The van der Waals surface area contributed by atoms with Crippen LogP contribution in [0.5, 0.6) is 0 Å². The molecule has 0 fully saturated rings. The number of hydrogen-bond donors (Lipinski definition) is 1. The van der Waals surface area contributed by atoms with Crippen LogP contribution in [0.1, 0.15) is 33.9 Å². The number of carbonyl (C=O) groups is 1. The zero-order chi connectivity index (χ0) is 20.5. The lowest BCUT2D eigenvalue weighted by Crippen LogP contribution is -2.41.